The Morgan fingerprint density at radius 1 is 1.33 bits per heavy atom. The van der Waals surface area contributed by atoms with Crippen LogP contribution in [-0.2, 0) is 11.3 Å². The number of carbonyl (C=O) groups is 1. The number of ether oxygens (including phenoxy) is 1. The van der Waals surface area contributed by atoms with Gasteiger partial charge >= 0.3 is 5.97 Å². The van der Waals surface area contributed by atoms with Gasteiger partial charge in [0.15, 0.2) is 0 Å². The highest BCUT2D eigenvalue weighted by atomic mass is 35.5. The van der Waals surface area contributed by atoms with Crippen molar-refractivity contribution in [2.45, 2.75) is 6.61 Å². The number of aromatic nitrogens is 1. The summed E-state index contributed by atoms with van der Waals surface area (Å²) in [5, 5.41) is 0.608. The van der Waals surface area contributed by atoms with Crippen LogP contribution in [-0.4, -0.2) is 11.0 Å². The number of pyridine rings is 1. The summed E-state index contributed by atoms with van der Waals surface area (Å²) in [5.74, 6) is -0.156. The van der Waals surface area contributed by atoms with E-state index in [9.17, 15) is 4.79 Å². The predicted octanol–water partition coefficient (Wildman–Crippen LogP) is 2.67. The molecule has 0 aliphatic heterocycles. The lowest BCUT2D eigenvalue weighted by molar-refractivity contribution is 0.0472. The molecule has 2 rings (SSSR count). The molecule has 0 fully saturated rings. The lowest BCUT2D eigenvalue weighted by Crippen LogP contribution is -2.06. The second-order valence-corrected chi connectivity index (χ2v) is 4.11. The summed E-state index contributed by atoms with van der Waals surface area (Å²) in [4.78, 5) is 15.5. The highest BCUT2D eigenvalue weighted by Gasteiger charge is 2.07. The zero-order valence-corrected chi connectivity index (χ0v) is 10.2. The Hall–Kier alpha value is -2.07. The van der Waals surface area contributed by atoms with Crippen LogP contribution in [0.2, 0.25) is 5.02 Å². The molecular formula is C13H11ClN2O2. The molecule has 0 atom stereocenters. The molecule has 0 amide bonds. The van der Waals surface area contributed by atoms with E-state index in [-0.39, 0.29) is 12.4 Å². The second-order valence-electron chi connectivity index (χ2n) is 3.68. The Bertz CT molecular complexity index is 572. The zero-order chi connectivity index (χ0) is 13.0. The van der Waals surface area contributed by atoms with E-state index in [4.69, 9.17) is 22.1 Å². The number of benzene rings is 1. The second kappa shape index (κ2) is 5.51. The van der Waals surface area contributed by atoms with Crippen molar-refractivity contribution in [1.82, 2.24) is 4.98 Å². The minimum absolute atomic E-state index is 0.168. The van der Waals surface area contributed by atoms with Gasteiger partial charge in [0.2, 0.25) is 0 Å². The van der Waals surface area contributed by atoms with Gasteiger partial charge in [-0.3, -0.25) is 0 Å². The topological polar surface area (TPSA) is 65.2 Å². The number of nitrogens with zero attached hydrogens (tertiary/aromatic N) is 1. The molecule has 1 heterocycles. The molecule has 2 aromatic rings. The van der Waals surface area contributed by atoms with Gasteiger partial charge in [-0.15, -0.1) is 0 Å². The fourth-order valence-corrected chi connectivity index (χ4v) is 1.65. The highest BCUT2D eigenvalue weighted by Crippen LogP contribution is 2.12. The van der Waals surface area contributed by atoms with E-state index in [2.05, 4.69) is 4.98 Å². The maximum absolute atomic E-state index is 11.7. The largest absolute Gasteiger partial charge is 0.457 e. The van der Waals surface area contributed by atoms with Crippen LogP contribution < -0.4 is 5.73 Å². The Labute approximate surface area is 109 Å². The molecule has 4 nitrogen and oxygen atoms in total. The number of carbonyl (C=O) groups excluding carboxylic acids is 1. The molecule has 0 aliphatic carbocycles. The number of hydrogen-bond donors (Lipinski definition) is 1. The first-order valence-corrected chi connectivity index (χ1v) is 5.66. The molecule has 0 radical (unpaired) electrons. The fraction of sp³-hybridized carbons (Fsp3) is 0.0769. The van der Waals surface area contributed by atoms with E-state index in [1.54, 1.807) is 24.3 Å². The number of halogens is 1. The van der Waals surface area contributed by atoms with Crippen LogP contribution in [0.15, 0.2) is 42.6 Å². The molecule has 2 N–H and O–H groups in total. The van der Waals surface area contributed by atoms with E-state index in [1.165, 1.54) is 12.3 Å². The number of nitrogens with two attached hydrogens (primary N) is 1. The minimum Gasteiger partial charge on any atom is -0.457 e. The van der Waals surface area contributed by atoms with Crippen molar-refractivity contribution in [2.75, 3.05) is 5.73 Å². The molecule has 0 bridgehead atoms. The van der Waals surface area contributed by atoms with Gasteiger partial charge in [0, 0.05) is 11.2 Å². The molecule has 0 spiro atoms. The summed E-state index contributed by atoms with van der Waals surface area (Å²) < 4.78 is 5.14. The molecule has 0 saturated heterocycles. The number of hydrogen-bond acceptors (Lipinski definition) is 4. The average molecular weight is 263 g/mol. The number of rotatable bonds is 3. The third kappa shape index (κ3) is 3.21. The van der Waals surface area contributed by atoms with E-state index >= 15 is 0 Å². The first-order chi connectivity index (χ1) is 8.65. The quantitative estimate of drug-likeness (QED) is 0.864. The highest BCUT2D eigenvalue weighted by molar-refractivity contribution is 6.30. The minimum atomic E-state index is -0.441. The Kier molecular flexibility index (Phi) is 3.79. The van der Waals surface area contributed by atoms with Gasteiger partial charge in [0.1, 0.15) is 12.4 Å². The summed E-state index contributed by atoms with van der Waals surface area (Å²) in [6, 6.07) is 10.2. The lowest BCUT2D eigenvalue weighted by atomic mass is 10.2. The van der Waals surface area contributed by atoms with Crippen molar-refractivity contribution in [2.24, 2.45) is 0 Å². The number of esters is 1. The van der Waals surface area contributed by atoms with Gasteiger partial charge in [-0.1, -0.05) is 23.7 Å². The maximum Gasteiger partial charge on any atom is 0.338 e. The van der Waals surface area contributed by atoms with E-state index in [1.807, 2.05) is 6.07 Å². The molecule has 0 saturated carbocycles. The number of nitrogen functional groups attached to an aromatic ring is 1. The van der Waals surface area contributed by atoms with E-state index < -0.39 is 5.97 Å². The standard InChI is InChI=1S/C13H11ClN2O2/c14-11-3-1-2-9(6-11)8-18-13(17)10-4-5-16-12(15)7-10/h1-7H,8H2,(H2,15,16). The van der Waals surface area contributed by atoms with Crippen LogP contribution in [0.1, 0.15) is 15.9 Å². The van der Waals surface area contributed by atoms with Crippen LogP contribution in [0.4, 0.5) is 5.82 Å². The summed E-state index contributed by atoms with van der Waals surface area (Å²) in [6.07, 6.45) is 1.46. The van der Waals surface area contributed by atoms with Crippen LogP contribution in [0, 0.1) is 0 Å². The van der Waals surface area contributed by atoms with Crippen molar-refractivity contribution >= 4 is 23.4 Å². The van der Waals surface area contributed by atoms with Gasteiger partial charge in [0.05, 0.1) is 5.56 Å². The average Bonchev–Trinajstić information content (AvgIpc) is 2.36. The van der Waals surface area contributed by atoms with Gasteiger partial charge in [-0.2, -0.15) is 0 Å². The van der Waals surface area contributed by atoms with Crippen molar-refractivity contribution in [3.8, 4) is 0 Å². The van der Waals surface area contributed by atoms with Crippen molar-refractivity contribution in [1.29, 1.82) is 0 Å². The summed E-state index contributed by atoms with van der Waals surface area (Å²) >= 11 is 5.83. The van der Waals surface area contributed by atoms with Crippen molar-refractivity contribution in [3.63, 3.8) is 0 Å². The monoisotopic (exact) mass is 262 g/mol. The first-order valence-electron chi connectivity index (χ1n) is 5.28. The van der Waals surface area contributed by atoms with Gasteiger partial charge in [-0.05, 0) is 29.8 Å². The Balaban J connectivity index is 2.00. The SMILES string of the molecule is Nc1cc(C(=O)OCc2cccc(Cl)c2)ccn1. The zero-order valence-electron chi connectivity index (χ0n) is 9.47. The van der Waals surface area contributed by atoms with Crippen LogP contribution in [0.5, 0.6) is 0 Å². The van der Waals surface area contributed by atoms with E-state index in [0.29, 0.717) is 10.6 Å². The van der Waals surface area contributed by atoms with Crippen LogP contribution in [0.3, 0.4) is 0 Å². The Morgan fingerprint density at radius 3 is 2.89 bits per heavy atom. The predicted molar refractivity (Wildman–Crippen MR) is 69.2 cm³/mol. The molecular weight excluding hydrogens is 252 g/mol. The van der Waals surface area contributed by atoms with Crippen molar-refractivity contribution in [3.05, 3.63) is 58.7 Å². The first kappa shape index (κ1) is 12.4. The van der Waals surface area contributed by atoms with Crippen molar-refractivity contribution < 1.29 is 9.53 Å². The molecule has 1 aromatic carbocycles. The van der Waals surface area contributed by atoms with Gasteiger partial charge in [-0.25, -0.2) is 9.78 Å². The smallest absolute Gasteiger partial charge is 0.338 e. The van der Waals surface area contributed by atoms with Crippen LogP contribution in [0.25, 0.3) is 0 Å². The molecule has 92 valence electrons. The Morgan fingerprint density at radius 2 is 2.17 bits per heavy atom. The molecule has 5 heteroatoms. The molecule has 18 heavy (non-hydrogen) atoms. The third-order valence-electron chi connectivity index (χ3n) is 2.28. The molecule has 0 unspecified atom stereocenters. The summed E-state index contributed by atoms with van der Waals surface area (Å²) in [6.45, 7) is 0.168. The third-order valence-corrected chi connectivity index (χ3v) is 2.51. The normalized spacial score (nSPS) is 10.1. The van der Waals surface area contributed by atoms with Crippen LogP contribution >= 0.6 is 11.6 Å². The van der Waals surface area contributed by atoms with Gasteiger partial charge in [0.25, 0.3) is 0 Å². The molecule has 1 aromatic heterocycles. The van der Waals surface area contributed by atoms with Gasteiger partial charge < -0.3 is 10.5 Å². The summed E-state index contributed by atoms with van der Waals surface area (Å²) in [5.41, 5.74) is 6.70. The van der Waals surface area contributed by atoms with E-state index in [0.717, 1.165) is 5.56 Å². The summed E-state index contributed by atoms with van der Waals surface area (Å²) in [7, 11) is 0. The maximum atomic E-state index is 11.7. The number of anilines is 1. The lowest BCUT2D eigenvalue weighted by Gasteiger charge is -2.05. The molecule has 0 aliphatic rings. The fourth-order valence-electron chi connectivity index (χ4n) is 1.43.